The molecule has 3 rings (SSSR count). The molecule has 0 aliphatic rings. The van der Waals surface area contributed by atoms with Crippen LogP contribution in [0.15, 0.2) is 65.7 Å². The Morgan fingerprint density at radius 2 is 1.81 bits per heavy atom. The molecule has 1 aromatic heterocycles. The fraction of sp³-hybridized carbons (Fsp3) is 0.136. The molecular weight excluding hydrogens is 456 g/mol. The summed E-state index contributed by atoms with van der Waals surface area (Å²) in [6.07, 6.45) is 1.35. The van der Waals surface area contributed by atoms with Crippen LogP contribution in [0.5, 0.6) is 5.75 Å². The third kappa shape index (κ3) is 5.83. The van der Waals surface area contributed by atoms with E-state index in [2.05, 4.69) is 10.3 Å². The van der Waals surface area contributed by atoms with Crippen LogP contribution in [0.4, 0.5) is 5.82 Å². The van der Waals surface area contributed by atoms with Gasteiger partial charge in [-0.25, -0.2) is 9.78 Å². The van der Waals surface area contributed by atoms with Gasteiger partial charge in [-0.15, -0.1) is 0 Å². The Balaban J connectivity index is 1.71. The SMILES string of the molecule is Cc1ccc(C)c(S(=O)(=O)Oc2ccccc2C(=O)OCC(=O)Nc2ccc(Cl)cn2)c1. The first-order valence-corrected chi connectivity index (χ1v) is 11.1. The number of para-hydroxylation sites is 1. The van der Waals surface area contributed by atoms with Gasteiger partial charge in [0.05, 0.1) is 5.02 Å². The molecule has 0 spiro atoms. The summed E-state index contributed by atoms with van der Waals surface area (Å²) in [5.74, 6) is -1.53. The number of ether oxygens (including phenoxy) is 1. The van der Waals surface area contributed by atoms with E-state index in [-0.39, 0.29) is 22.0 Å². The molecule has 166 valence electrons. The number of rotatable bonds is 7. The highest BCUT2D eigenvalue weighted by Crippen LogP contribution is 2.26. The third-order valence-corrected chi connectivity index (χ3v) is 5.85. The average molecular weight is 475 g/mol. The summed E-state index contributed by atoms with van der Waals surface area (Å²) in [4.78, 5) is 28.4. The van der Waals surface area contributed by atoms with E-state index in [1.807, 2.05) is 0 Å². The second-order valence-corrected chi connectivity index (χ2v) is 8.74. The third-order valence-electron chi connectivity index (χ3n) is 4.25. The Morgan fingerprint density at radius 1 is 1.06 bits per heavy atom. The van der Waals surface area contributed by atoms with E-state index < -0.39 is 28.6 Å². The largest absolute Gasteiger partial charge is 0.452 e. The number of halogens is 1. The van der Waals surface area contributed by atoms with Crippen LogP contribution >= 0.6 is 11.6 Å². The van der Waals surface area contributed by atoms with Crippen molar-refractivity contribution in [2.24, 2.45) is 0 Å². The van der Waals surface area contributed by atoms with Crippen LogP contribution in [0.1, 0.15) is 21.5 Å². The second-order valence-electron chi connectivity index (χ2n) is 6.79. The zero-order valence-electron chi connectivity index (χ0n) is 17.2. The number of hydrogen-bond donors (Lipinski definition) is 1. The van der Waals surface area contributed by atoms with Gasteiger partial charge in [0.2, 0.25) is 0 Å². The van der Waals surface area contributed by atoms with Gasteiger partial charge in [0.25, 0.3) is 5.91 Å². The van der Waals surface area contributed by atoms with Crippen molar-refractivity contribution in [1.29, 1.82) is 0 Å². The monoisotopic (exact) mass is 474 g/mol. The van der Waals surface area contributed by atoms with Crippen molar-refractivity contribution in [3.8, 4) is 5.75 Å². The topological polar surface area (TPSA) is 112 Å². The lowest BCUT2D eigenvalue weighted by Gasteiger charge is -2.13. The number of anilines is 1. The number of esters is 1. The first-order valence-electron chi connectivity index (χ1n) is 9.35. The fourth-order valence-electron chi connectivity index (χ4n) is 2.69. The quantitative estimate of drug-likeness (QED) is 0.408. The van der Waals surface area contributed by atoms with Gasteiger partial charge in [-0.05, 0) is 55.3 Å². The smallest absolute Gasteiger partial charge is 0.342 e. The molecule has 32 heavy (non-hydrogen) atoms. The van der Waals surface area contributed by atoms with Gasteiger partial charge in [-0.2, -0.15) is 8.42 Å². The molecule has 0 saturated heterocycles. The number of nitrogens with one attached hydrogen (secondary N) is 1. The normalized spacial score (nSPS) is 11.0. The standard InChI is InChI=1S/C22H19ClN2O6S/c1-14-7-8-15(2)19(11-14)32(28,29)31-18-6-4-3-5-17(18)22(27)30-13-21(26)25-20-10-9-16(23)12-24-20/h3-12H,13H2,1-2H3,(H,24,25,26). The van der Waals surface area contributed by atoms with Crippen molar-refractivity contribution >= 4 is 39.4 Å². The summed E-state index contributed by atoms with van der Waals surface area (Å²) in [7, 11) is -4.20. The predicted molar refractivity (Wildman–Crippen MR) is 118 cm³/mol. The number of carbonyl (C=O) groups is 2. The van der Waals surface area contributed by atoms with Gasteiger partial charge < -0.3 is 14.2 Å². The Morgan fingerprint density at radius 3 is 2.53 bits per heavy atom. The van der Waals surface area contributed by atoms with Crippen LogP contribution in [0.25, 0.3) is 0 Å². The van der Waals surface area contributed by atoms with Gasteiger partial charge >= 0.3 is 16.1 Å². The van der Waals surface area contributed by atoms with Crippen LogP contribution in [0, 0.1) is 13.8 Å². The molecule has 1 heterocycles. The molecule has 3 aromatic rings. The van der Waals surface area contributed by atoms with Gasteiger partial charge in [0, 0.05) is 6.20 Å². The Bertz CT molecular complexity index is 1260. The molecule has 1 N–H and O–H groups in total. The van der Waals surface area contributed by atoms with Crippen LogP contribution < -0.4 is 9.50 Å². The van der Waals surface area contributed by atoms with Crippen molar-refractivity contribution < 1.29 is 26.9 Å². The molecule has 0 bridgehead atoms. The minimum absolute atomic E-state index is 0.00415. The van der Waals surface area contributed by atoms with Crippen molar-refractivity contribution in [3.63, 3.8) is 0 Å². The van der Waals surface area contributed by atoms with Gasteiger partial charge in [0.15, 0.2) is 12.4 Å². The Labute approximate surface area is 190 Å². The lowest BCUT2D eigenvalue weighted by atomic mass is 10.2. The predicted octanol–water partition coefficient (Wildman–Crippen LogP) is 3.92. The number of benzene rings is 2. The van der Waals surface area contributed by atoms with Crippen LogP contribution in [0.2, 0.25) is 5.02 Å². The molecule has 0 saturated carbocycles. The second kappa shape index (κ2) is 9.80. The van der Waals surface area contributed by atoms with Crippen LogP contribution in [0.3, 0.4) is 0 Å². The first kappa shape index (κ1) is 23.2. The van der Waals surface area contributed by atoms with Gasteiger partial charge in [-0.1, -0.05) is 35.9 Å². The summed E-state index contributed by atoms with van der Waals surface area (Å²) < 4.78 is 35.8. The lowest BCUT2D eigenvalue weighted by Crippen LogP contribution is -2.22. The molecule has 0 fully saturated rings. The minimum atomic E-state index is -4.20. The fourth-order valence-corrected chi connectivity index (χ4v) is 4.06. The Hall–Kier alpha value is -3.43. The molecule has 0 aliphatic carbocycles. The number of carbonyl (C=O) groups excluding carboxylic acids is 2. The van der Waals surface area contributed by atoms with Crippen molar-refractivity contribution in [3.05, 3.63) is 82.5 Å². The summed E-state index contributed by atoms with van der Waals surface area (Å²) >= 11 is 5.74. The van der Waals surface area contributed by atoms with Crippen LogP contribution in [-0.4, -0.2) is 31.9 Å². The maximum Gasteiger partial charge on any atom is 0.342 e. The molecule has 0 atom stereocenters. The zero-order chi connectivity index (χ0) is 23.3. The van der Waals surface area contributed by atoms with E-state index in [1.54, 1.807) is 32.0 Å². The highest BCUT2D eigenvalue weighted by atomic mass is 35.5. The van der Waals surface area contributed by atoms with Crippen molar-refractivity contribution in [2.75, 3.05) is 11.9 Å². The highest BCUT2D eigenvalue weighted by Gasteiger charge is 2.23. The molecule has 0 unspecified atom stereocenters. The molecule has 8 nitrogen and oxygen atoms in total. The van der Waals surface area contributed by atoms with Crippen molar-refractivity contribution in [2.45, 2.75) is 18.7 Å². The summed E-state index contributed by atoms with van der Waals surface area (Å²) in [5, 5.41) is 2.85. The van der Waals surface area contributed by atoms with E-state index >= 15 is 0 Å². The number of nitrogens with zero attached hydrogens (tertiary/aromatic N) is 1. The molecular formula is C22H19ClN2O6S. The number of hydrogen-bond acceptors (Lipinski definition) is 7. The van der Waals surface area contributed by atoms with E-state index in [9.17, 15) is 18.0 Å². The molecule has 2 aromatic carbocycles. The number of amides is 1. The summed E-state index contributed by atoms with van der Waals surface area (Å²) in [5.41, 5.74) is 1.11. The van der Waals surface area contributed by atoms with Gasteiger partial charge in [0.1, 0.15) is 16.3 Å². The van der Waals surface area contributed by atoms with Gasteiger partial charge in [-0.3, -0.25) is 4.79 Å². The zero-order valence-corrected chi connectivity index (χ0v) is 18.7. The Kier molecular flexibility index (Phi) is 7.12. The molecule has 0 radical (unpaired) electrons. The lowest BCUT2D eigenvalue weighted by molar-refractivity contribution is -0.119. The molecule has 1 amide bonds. The van der Waals surface area contributed by atoms with E-state index in [0.29, 0.717) is 10.6 Å². The molecule has 10 heteroatoms. The van der Waals surface area contributed by atoms with E-state index in [1.165, 1.54) is 42.6 Å². The van der Waals surface area contributed by atoms with Crippen LogP contribution in [-0.2, 0) is 19.6 Å². The van der Waals surface area contributed by atoms with E-state index in [0.717, 1.165) is 5.56 Å². The summed E-state index contributed by atoms with van der Waals surface area (Å²) in [6, 6.07) is 13.7. The maximum absolute atomic E-state index is 12.8. The number of pyridine rings is 1. The van der Waals surface area contributed by atoms with E-state index in [4.69, 9.17) is 20.5 Å². The molecule has 0 aliphatic heterocycles. The average Bonchev–Trinajstić information content (AvgIpc) is 2.75. The minimum Gasteiger partial charge on any atom is -0.452 e. The first-order chi connectivity index (χ1) is 15.2. The number of aromatic nitrogens is 1. The summed E-state index contributed by atoms with van der Waals surface area (Å²) in [6.45, 7) is 2.79. The number of aryl methyl sites for hydroxylation is 2. The highest BCUT2D eigenvalue weighted by molar-refractivity contribution is 7.87. The van der Waals surface area contributed by atoms with Crippen molar-refractivity contribution in [1.82, 2.24) is 4.98 Å². The maximum atomic E-state index is 12.8.